The first-order valence-corrected chi connectivity index (χ1v) is 7.15. The van der Waals surface area contributed by atoms with Gasteiger partial charge in [0.25, 0.3) is 0 Å². The van der Waals surface area contributed by atoms with Crippen LogP contribution in [0.1, 0.15) is 24.8 Å². The van der Waals surface area contributed by atoms with Gasteiger partial charge in [-0.3, -0.25) is 0 Å². The van der Waals surface area contributed by atoms with Crippen LogP contribution in [0.5, 0.6) is 0 Å². The van der Waals surface area contributed by atoms with Gasteiger partial charge in [-0.05, 0) is 44.5 Å². The van der Waals surface area contributed by atoms with Crippen LogP contribution in [0.3, 0.4) is 0 Å². The smallest absolute Gasteiger partial charge is 0.378 e. The molecule has 1 aliphatic rings. The van der Waals surface area contributed by atoms with Crippen LogP contribution in [0.25, 0.3) is 0 Å². The average Bonchev–Trinajstić information content (AvgIpc) is 2.47. The number of alkyl halides is 3. The lowest BCUT2D eigenvalue weighted by molar-refractivity contribution is -0.137. The molecule has 0 unspecified atom stereocenters. The lowest BCUT2D eigenvalue weighted by atomic mass is 10.1. The first kappa shape index (κ1) is 16.0. The molecule has 4 nitrogen and oxygen atoms in total. The minimum atomic E-state index is -4.34. The fourth-order valence-corrected chi connectivity index (χ4v) is 2.17. The predicted octanol–water partition coefficient (Wildman–Crippen LogP) is 2.67. The molecule has 2 N–H and O–H groups in total. The first-order valence-electron chi connectivity index (χ1n) is 7.15. The first-order chi connectivity index (χ1) is 10.1. The summed E-state index contributed by atoms with van der Waals surface area (Å²) in [6, 6.07) is 2.37. The van der Waals surface area contributed by atoms with Crippen LogP contribution in [-0.4, -0.2) is 37.3 Å². The largest absolute Gasteiger partial charge is 0.417 e. The Kier molecular flexibility index (Phi) is 5.81. The molecule has 1 saturated heterocycles. The summed E-state index contributed by atoms with van der Waals surface area (Å²) in [6.07, 6.45) is -0.299. The van der Waals surface area contributed by atoms with Crippen molar-refractivity contribution in [2.24, 2.45) is 0 Å². The van der Waals surface area contributed by atoms with Crippen LogP contribution >= 0.6 is 0 Å². The molecule has 0 amide bonds. The number of hydrogen-bond donors (Lipinski definition) is 2. The van der Waals surface area contributed by atoms with Crippen LogP contribution in [0.2, 0.25) is 0 Å². The van der Waals surface area contributed by atoms with E-state index in [9.17, 15) is 13.2 Å². The topological polar surface area (TPSA) is 46.2 Å². The van der Waals surface area contributed by atoms with Gasteiger partial charge in [-0.25, -0.2) is 4.98 Å². The minimum Gasteiger partial charge on any atom is -0.378 e. The number of hydrogen-bond acceptors (Lipinski definition) is 4. The Labute approximate surface area is 122 Å². The van der Waals surface area contributed by atoms with Crippen molar-refractivity contribution in [1.82, 2.24) is 10.3 Å². The third-order valence-electron chi connectivity index (χ3n) is 3.36. The van der Waals surface area contributed by atoms with Crippen molar-refractivity contribution in [2.75, 3.05) is 31.6 Å². The molecule has 0 radical (unpaired) electrons. The van der Waals surface area contributed by atoms with Gasteiger partial charge in [0.05, 0.1) is 11.7 Å². The molecule has 1 aliphatic heterocycles. The van der Waals surface area contributed by atoms with Gasteiger partial charge in [-0.2, -0.15) is 13.2 Å². The summed E-state index contributed by atoms with van der Waals surface area (Å²) in [4.78, 5) is 3.75. The second kappa shape index (κ2) is 7.61. The molecule has 0 atom stereocenters. The number of ether oxygens (including phenoxy) is 1. The molecule has 0 spiro atoms. The Morgan fingerprint density at radius 2 is 2.05 bits per heavy atom. The molecule has 118 valence electrons. The Morgan fingerprint density at radius 1 is 1.29 bits per heavy atom. The fraction of sp³-hybridized carbons (Fsp3) is 0.643. The van der Waals surface area contributed by atoms with E-state index in [0.29, 0.717) is 25.1 Å². The van der Waals surface area contributed by atoms with Gasteiger partial charge in [-0.1, -0.05) is 0 Å². The number of nitrogens with zero attached hydrogens (tertiary/aromatic N) is 1. The van der Waals surface area contributed by atoms with Crippen LogP contribution in [0.4, 0.5) is 19.0 Å². The maximum atomic E-state index is 12.4. The van der Waals surface area contributed by atoms with Gasteiger partial charge in [0.1, 0.15) is 5.82 Å². The summed E-state index contributed by atoms with van der Waals surface area (Å²) in [5.41, 5.74) is -0.734. The lowest BCUT2D eigenvalue weighted by Crippen LogP contribution is -2.32. The van der Waals surface area contributed by atoms with E-state index in [-0.39, 0.29) is 0 Å². The average molecular weight is 303 g/mol. The van der Waals surface area contributed by atoms with Gasteiger partial charge in [0.2, 0.25) is 0 Å². The van der Waals surface area contributed by atoms with Crippen molar-refractivity contribution >= 4 is 5.82 Å². The quantitative estimate of drug-likeness (QED) is 0.793. The zero-order valence-corrected chi connectivity index (χ0v) is 11.7. The minimum absolute atomic E-state index is 0.329. The highest BCUT2D eigenvalue weighted by Gasteiger charge is 2.30. The van der Waals surface area contributed by atoms with Crippen molar-refractivity contribution in [3.05, 3.63) is 23.9 Å². The van der Waals surface area contributed by atoms with Gasteiger partial charge in [0.15, 0.2) is 0 Å². The number of halogens is 3. The van der Waals surface area contributed by atoms with Crippen molar-refractivity contribution < 1.29 is 17.9 Å². The highest BCUT2D eigenvalue weighted by Crippen LogP contribution is 2.28. The lowest BCUT2D eigenvalue weighted by Gasteiger charge is -2.22. The Morgan fingerprint density at radius 3 is 2.67 bits per heavy atom. The Balaban J connectivity index is 1.62. The van der Waals surface area contributed by atoms with E-state index < -0.39 is 11.7 Å². The Hall–Kier alpha value is -1.34. The van der Waals surface area contributed by atoms with E-state index >= 15 is 0 Å². The summed E-state index contributed by atoms with van der Waals surface area (Å²) in [6.45, 7) is 3.28. The molecule has 2 rings (SSSR count). The maximum Gasteiger partial charge on any atom is 0.417 e. The molecule has 0 bridgehead atoms. The van der Waals surface area contributed by atoms with Gasteiger partial charge in [-0.15, -0.1) is 0 Å². The number of pyridine rings is 1. The third-order valence-corrected chi connectivity index (χ3v) is 3.36. The van der Waals surface area contributed by atoms with Crippen LogP contribution in [0.15, 0.2) is 18.3 Å². The molecule has 1 fully saturated rings. The molecule has 0 aliphatic carbocycles. The zero-order chi connectivity index (χ0) is 15.1. The second-order valence-corrected chi connectivity index (χ2v) is 5.03. The van der Waals surface area contributed by atoms with Gasteiger partial charge >= 0.3 is 6.18 Å². The number of nitrogens with one attached hydrogen (secondary N) is 2. The van der Waals surface area contributed by atoms with Crippen molar-refractivity contribution in [3.63, 3.8) is 0 Å². The van der Waals surface area contributed by atoms with E-state index in [0.717, 1.165) is 44.6 Å². The third kappa shape index (κ3) is 5.51. The molecule has 1 aromatic rings. The predicted molar refractivity (Wildman–Crippen MR) is 74.2 cm³/mol. The number of piperidine rings is 1. The van der Waals surface area contributed by atoms with Crippen LogP contribution in [0, 0.1) is 0 Å². The monoisotopic (exact) mass is 303 g/mol. The zero-order valence-electron chi connectivity index (χ0n) is 11.7. The number of rotatable bonds is 6. The number of anilines is 1. The Bertz CT molecular complexity index is 416. The summed E-state index contributed by atoms with van der Waals surface area (Å²) < 4.78 is 42.8. The highest BCUT2D eigenvalue weighted by molar-refractivity contribution is 5.35. The molecule has 1 aromatic heterocycles. The fourth-order valence-electron chi connectivity index (χ4n) is 2.17. The molecule has 7 heteroatoms. The summed E-state index contributed by atoms with van der Waals surface area (Å²) in [5.74, 6) is 0.449. The molecule has 0 saturated carbocycles. The van der Waals surface area contributed by atoms with E-state index in [2.05, 4.69) is 15.6 Å². The normalized spacial score (nSPS) is 16.9. The number of aromatic nitrogens is 1. The second-order valence-electron chi connectivity index (χ2n) is 5.03. The molecular weight excluding hydrogens is 283 g/mol. The van der Waals surface area contributed by atoms with Gasteiger partial charge in [0, 0.05) is 19.3 Å². The van der Waals surface area contributed by atoms with E-state index in [1.54, 1.807) is 0 Å². The van der Waals surface area contributed by atoms with E-state index in [4.69, 9.17) is 4.74 Å². The SMILES string of the molecule is FC(F)(F)c1ccc(NCCCOC2CCNCC2)nc1. The van der Waals surface area contributed by atoms with Crippen LogP contribution in [-0.2, 0) is 10.9 Å². The van der Waals surface area contributed by atoms with Crippen molar-refractivity contribution in [3.8, 4) is 0 Å². The van der Waals surface area contributed by atoms with E-state index in [1.807, 2.05) is 0 Å². The molecular formula is C14H20F3N3O. The molecule has 2 heterocycles. The maximum absolute atomic E-state index is 12.4. The summed E-state index contributed by atoms with van der Waals surface area (Å²) in [7, 11) is 0. The summed E-state index contributed by atoms with van der Waals surface area (Å²) >= 11 is 0. The molecule has 0 aromatic carbocycles. The molecule has 21 heavy (non-hydrogen) atoms. The van der Waals surface area contributed by atoms with Crippen molar-refractivity contribution in [2.45, 2.75) is 31.5 Å². The van der Waals surface area contributed by atoms with Gasteiger partial charge < -0.3 is 15.4 Å². The van der Waals surface area contributed by atoms with Crippen LogP contribution < -0.4 is 10.6 Å². The standard InChI is InChI=1S/C14H20F3N3O/c15-14(16,17)11-2-3-13(20-10-11)19-6-1-9-21-12-4-7-18-8-5-12/h2-3,10,12,18H,1,4-9H2,(H,19,20). The van der Waals surface area contributed by atoms with E-state index in [1.165, 1.54) is 6.07 Å². The highest BCUT2D eigenvalue weighted by atomic mass is 19.4. The van der Waals surface area contributed by atoms with Crippen molar-refractivity contribution in [1.29, 1.82) is 0 Å². The summed E-state index contributed by atoms with van der Waals surface area (Å²) in [5, 5.41) is 6.26.